The molecule has 3 rings (SSSR count). The minimum absolute atomic E-state index is 0.281. The van der Waals surface area contributed by atoms with Gasteiger partial charge in [-0.25, -0.2) is 9.67 Å². The number of hydrogen-bond donors (Lipinski definition) is 0. The number of nitrogens with zero attached hydrogens (tertiary/aromatic N) is 3. The van der Waals surface area contributed by atoms with Gasteiger partial charge in [0.05, 0.1) is 5.69 Å². The standard InChI is InChI=1S/C16H11BrF3N3O/c17-9-11-1-3-12(4-2-11)15-21-10-23(22-15)13-5-7-14(8-6-13)24-16(18,19)20/h1-8,10H,9H2. The Bertz CT molecular complexity index is 814. The molecule has 0 atom stereocenters. The summed E-state index contributed by atoms with van der Waals surface area (Å²) in [5, 5.41) is 5.11. The molecule has 0 bridgehead atoms. The van der Waals surface area contributed by atoms with Crippen LogP contribution in [0.4, 0.5) is 13.2 Å². The van der Waals surface area contributed by atoms with Crippen LogP contribution in [0.2, 0.25) is 0 Å². The quantitative estimate of drug-likeness (QED) is 0.597. The van der Waals surface area contributed by atoms with Crippen molar-refractivity contribution >= 4 is 15.9 Å². The monoisotopic (exact) mass is 397 g/mol. The lowest BCUT2D eigenvalue weighted by atomic mass is 10.1. The fraction of sp³-hybridized carbons (Fsp3) is 0.125. The second-order valence-corrected chi connectivity index (χ2v) is 5.45. The second kappa shape index (κ2) is 6.64. The van der Waals surface area contributed by atoms with Crippen molar-refractivity contribution in [2.75, 3.05) is 0 Å². The molecule has 0 N–H and O–H groups in total. The molecule has 0 aliphatic carbocycles. The SMILES string of the molecule is FC(F)(F)Oc1ccc(-n2cnc(-c3ccc(CBr)cc3)n2)cc1. The molecule has 0 spiro atoms. The highest BCUT2D eigenvalue weighted by molar-refractivity contribution is 9.08. The molecule has 2 aromatic carbocycles. The van der Waals surface area contributed by atoms with Crippen molar-refractivity contribution < 1.29 is 17.9 Å². The molecule has 4 nitrogen and oxygen atoms in total. The van der Waals surface area contributed by atoms with Crippen LogP contribution in [-0.4, -0.2) is 21.1 Å². The average Bonchev–Trinajstić information content (AvgIpc) is 3.04. The van der Waals surface area contributed by atoms with Gasteiger partial charge in [-0.15, -0.1) is 18.3 Å². The molecule has 0 saturated carbocycles. The highest BCUT2D eigenvalue weighted by Gasteiger charge is 2.30. The van der Waals surface area contributed by atoms with Crippen molar-refractivity contribution in [2.45, 2.75) is 11.7 Å². The third kappa shape index (κ3) is 3.94. The van der Waals surface area contributed by atoms with Gasteiger partial charge < -0.3 is 4.74 Å². The Balaban J connectivity index is 1.79. The van der Waals surface area contributed by atoms with Crippen molar-refractivity contribution in [3.8, 4) is 22.8 Å². The Labute approximate surface area is 144 Å². The van der Waals surface area contributed by atoms with E-state index < -0.39 is 6.36 Å². The Hall–Kier alpha value is -2.35. The molecule has 0 fully saturated rings. The second-order valence-electron chi connectivity index (χ2n) is 4.89. The van der Waals surface area contributed by atoms with Crippen molar-refractivity contribution in [1.29, 1.82) is 0 Å². The zero-order chi connectivity index (χ0) is 17.2. The van der Waals surface area contributed by atoms with Gasteiger partial charge in [-0.1, -0.05) is 40.2 Å². The molecular weight excluding hydrogens is 387 g/mol. The topological polar surface area (TPSA) is 39.9 Å². The molecular formula is C16H11BrF3N3O. The van der Waals surface area contributed by atoms with Gasteiger partial charge >= 0.3 is 6.36 Å². The van der Waals surface area contributed by atoms with E-state index in [-0.39, 0.29) is 5.75 Å². The summed E-state index contributed by atoms with van der Waals surface area (Å²) in [6.45, 7) is 0. The van der Waals surface area contributed by atoms with E-state index in [1.165, 1.54) is 35.3 Å². The van der Waals surface area contributed by atoms with Crippen molar-refractivity contribution in [2.24, 2.45) is 0 Å². The number of ether oxygens (including phenoxy) is 1. The minimum atomic E-state index is -4.71. The number of hydrogen-bond acceptors (Lipinski definition) is 3. The van der Waals surface area contributed by atoms with E-state index in [0.29, 0.717) is 11.5 Å². The van der Waals surface area contributed by atoms with Crippen LogP contribution in [0.3, 0.4) is 0 Å². The molecule has 8 heteroatoms. The zero-order valence-corrected chi connectivity index (χ0v) is 13.8. The molecule has 0 radical (unpaired) electrons. The number of benzene rings is 2. The molecule has 1 aromatic heterocycles. The minimum Gasteiger partial charge on any atom is -0.406 e. The number of aromatic nitrogens is 3. The normalized spacial score (nSPS) is 11.5. The van der Waals surface area contributed by atoms with Crippen molar-refractivity contribution in [1.82, 2.24) is 14.8 Å². The summed E-state index contributed by atoms with van der Waals surface area (Å²) in [5.74, 6) is 0.253. The summed E-state index contributed by atoms with van der Waals surface area (Å²) in [6.07, 6.45) is -3.20. The first-order valence-electron chi connectivity index (χ1n) is 6.88. The van der Waals surface area contributed by atoms with Gasteiger partial charge in [0.15, 0.2) is 5.82 Å². The average molecular weight is 398 g/mol. The number of rotatable bonds is 4. The van der Waals surface area contributed by atoms with Crippen LogP contribution < -0.4 is 4.74 Å². The van der Waals surface area contributed by atoms with Crippen LogP contribution in [0.15, 0.2) is 54.9 Å². The van der Waals surface area contributed by atoms with Gasteiger partial charge in [-0.3, -0.25) is 0 Å². The van der Waals surface area contributed by atoms with Gasteiger partial charge in [-0.2, -0.15) is 0 Å². The van der Waals surface area contributed by atoms with Crippen molar-refractivity contribution in [3.63, 3.8) is 0 Å². The maximum atomic E-state index is 12.2. The molecule has 0 aliphatic rings. The zero-order valence-electron chi connectivity index (χ0n) is 12.2. The van der Waals surface area contributed by atoms with E-state index in [4.69, 9.17) is 0 Å². The van der Waals surface area contributed by atoms with E-state index in [1.807, 2.05) is 24.3 Å². The Kier molecular flexibility index (Phi) is 4.57. The number of alkyl halides is 4. The lowest BCUT2D eigenvalue weighted by Crippen LogP contribution is -2.17. The molecule has 124 valence electrons. The predicted octanol–water partition coefficient (Wildman–Crippen LogP) is 4.73. The molecule has 1 heterocycles. The highest BCUT2D eigenvalue weighted by Crippen LogP contribution is 2.24. The van der Waals surface area contributed by atoms with E-state index in [9.17, 15) is 13.2 Å². The van der Waals surface area contributed by atoms with Crippen LogP contribution in [0.25, 0.3) is 17.1 Å². The molecule has 0 amide bonds. The summed E-state index contributed by atoms with van der Waals surface area (Å²) in [4.78, 5) is 4.23. The van der Waals surface area contributed by atoms with E-state index in [0.717, 1.165) is 16.5 Å². The van der Waals surface area contributed by atoms with E-state index >= 15 is 0 Å². The lowest BCUT2D eigenvalue weighted by Gasteiger charge is -2.09. The first kappa shape index (κ1) is 16.5. The Morgan fingerprint density at radius 3 is 2.25 bits per heavy atom. The smallest absolute Gasteiger partial charge is 0.406 e. The Morgan fingerprint density at radius 2 is 1.67 bits per heavy atom. The van der Waals surface area contributed by atoms with Crippen molar-refractivity contribution in [3.05, 3.63) is 60.4 Å². The summed E-state index contributed by atoms with van der Waals surface area (Å²) < 4.78 is 41.8. The largest absolute Gasteiger partial charge is 0.573 e. The van der Waals surface area contributed by atoms with Crippen LogP contribution in [0, 0.1) is 0 Å². The molecule has 0 aliphatic heterocycles. The predicted molar refractivity (Wildman–Crippen MR) is 86.1 cm³/mol. The summed E-state index contributed by atoms with van der Waals surface area (Å²) in [7, 11) is 0. The molecule has 0 unspecified atom stereocenters. The summed E-state index contributed by atoms with van der Waals surface area (Å²) >= 11 is 3.38. The van der Waals surface area contributed by atoms with E-state index in [2.05, 4.69) is 30.7 Å². The lowest BCUT2D eigenvalue weighted by molar-refractivity contribution is -0.274. The fourth-order valence-electron chi connectivity index (χ4n) is 2.06. The van der Waals surface area contributed by atoms with Gasteiger partial charge in [0.25, 0.3) is 0 Å². The van der Waals surface area contributed by atoms with Gasteiger partial charge in [0, 0.05) is 10.9 Å². The van der Waals surface area contributed by atoms with E-state index in [1.54, 1.807) is 0 Å². The van der Waals surface area contributed by atoms with Crippen LogP contribution in [0.1, 0.15) is 5.56 Å². The molecule has 24 heavy (non-hydrogen) atoms. The third-order valence-electron chi connectivity index (χ3n) is 3.19. The maximum absolute atomic E-state index is 12.2. The van der Waals surface area contributed by atoms with Crippen LogP contribution in [0.5, 0.6) is 5.75 Å². The number of halogens is 4. The summed E-state index contributed by atoms with van der Waals surface area (Å²) in [6, 6.07) is 13.2. The highest BCUT2D eigenvalue weighted by atomic mass is 79.9. The van der Waals surface area contributed by atoms with Gasteiger partial charge in [0.2, 0.25) is 0 Å². The van der Waals surface area contributed by atoms with Gasteiger partial charge in [0.1, 0.15) is 12.1 Å². The first-order valence-corrected chi connectivity index (χ1v) is 8.00. The Morgan fingerprint density at radius 1 is 1.00 bits per heavy atom. The summed E-state index contributed by atoms with van der Waals surface area (Å²) in [5.41, 5.74) is 2.58. The fourth-order valence-corrected chi connectivity index (χ4v) is 2.44. The molecule has 0 saturated heterocycles. The van der Waals surface area contributed by atoms with Crippen LogP contribution >= 0.6 is 15.9 Å². The maximum Gasteiger partial charge on any atom is 0.573 e. The first-order chi connectivity index (χ1) is 11.4. The van der Waals surface area contributed by atoms with Crippen LogP contribution in [-0.2, 0) is 5.33 Å². The molecule has 3 aromatic rings. The van der Waals surface area contributed by atoms with Gasteiger partial charge in [-0.05, 0) is 29.8 Å². The third-order valence-corrected chi connectivity index (χ3v) is 3.84.